The van der Waals surface area contributed by atoms with Crippen LogP contribution in [0.15, 0.2) is 24.3 Å². The molecule has 7 heteroatoms. The van der Waals surface area contributed by atoms with E-state index in [0.717, 1.165) is 0 Å². The summed E-state index contributed by atoms with van der Waals surface area (Å²) in [6, 6.07) is 6.36. The zero-order valence-electron chi connectivity index (χ0n) is 9.50. The van der Waals surface area contributed by atoms with Crippen molar-refractivity contribution in [1.29, 1.82) is 0 Å². The van der Waals surface area contributed by atoms with Gasteiger partial charge in [0.1, 0.15) is 5.75 Å². The number of benzene rings is 1. The van der Waals surface area contributed by atoms with Gasteiger partial charge in [-0.2, -0.15) is 0 Å². The number of hydrogen-bond donors (Lipinski definition) is 2. The fourth-order valence-corrected chi connectivity index (χ4v) is 2.83. The predicted molar refractivity (Wildman–Crippen MR) is 65.1 cm³/mol. The highest BCUT2D eigenvalue weighted by Gasteiger charge is 2.36. The Hall–Kier alpha value is -1.76. The maximum Gasteiger partial charge on any atom is 0.341 e. The minimum absolute atomic E-state index is 0.212. The lowest BCUT2D eigenvalue weighted by Crippen LogP contribution is -2.18. The van der Waals surface area contributed by atoms with Crippen LogP contribution in [-0.4, -0.2) is 31.4 Å². The summed E-state index contributed by atoms with van der Waals surface area (Å²) in [4.78, 5) is 10.4. The number of nitrogens with one attached hydrogen (secondary N) is 1. The first kappa shape index (κ1) is 12.7. The Morgan fingerprint density at radius 2 is 2.06 bits per heavy atom. The normalized spacial score (nSPS) is 15.1. The van der Waals surface area contributed by atoms with Crippen molar-refractivity contribution in [2.75, 3.05) is 11.3 Å². The van der Waals surface area contributed by atoms with E-state index in [1.807, 2.05) is 0 Å². The van der Waals surface area contributed by atoms with Crippen LogP contribution in [0.5, 0.6) is 5.75 Å². The number of carboxylic acids is 1. The summed E-state index contributed by atoms with van der Waals surface area (Å²) in [5.74, 6) is -0.904. The fourth-order valence-electron chi connectivity index (χ4n) is 1.43. The molecule has 98 valence electrons. The van der Waals surface area contributed by atoms with Crippen LogP contribution in [0.4, 0.5) is 5.69 Å². The maximum absolute atomic E-state index is 11.8. The Bertz CT molecular complexity index is 550. The molecule has 1 saturated carbocycles. The Balaban J connectivity index is 2.14. The van der Waals surface area contributed by atoms with E-state index in [4.69, 9.17) is 9.84 Å². The van der Waals surface area contributed by atoms with E-state index in [1.54, 1.807) is 12.1 Å². The number of carbonyl (C=O) groups is 1. The third-order valence-corrected chi connectivity index (χ3v) is 4.31. The molecule has 6 nitrogen and oxygen atoms in total. The van der Waals surface area contributed by atoms with Crippen molar-refractivity contribution < 1.29 is 23.1 Å². The molecule has 0 aromatic heterocycles. The lowest BCUT2D eigenvalue weighted by Gasteiger charge is -2.12. The van der Waals surface area contributed by atoms with Gasteiger partial charge in [-0.3, -0.25) is 4.72 Å². The van der Waals surface area contributed by atoms with Gasteiger partial charge in [0.2, 0.25) is 10.0 Å². The molecule has 0 saturated heterocycles. The van der Waals surface area contributed by atoms with Crippen LogP contribution < -0.4 is 9.46 Å². The summed E-state index contributed by atoms with van der Waals surface area (Å²) in [5.41, 5.74) is 0.269. The Kier molecular flexibility index (Phi) is 3.42. The van der Waals surface area contributed by atoms with Crippen LogP contribution in [0.3, 0.4) is 0 Å². The fraction of sp³-hybridized carbons (Fsp3) is 0.364. The molecule has 1 aromatic rings. The van der Waals surface area contributed by atoms with Gasteiger partial charge in [0, 0.05) is 0 Å². The van der Waals surface area contributed by atoms with E-state index in [-0.39, 0.29) is 16.7 Å². The van der Waals surface area contributed by atoms with Crippen LogP contribution in [0.2, 0.25) is 0 Å². The lowest BCUT2D eigenvalue weighted by molar-refractivity contribution is -0.139. The highest BCUT2D eigenvalue weighted by atomic mass is 32.2. The molecule has 2 N–H and O–H groups in total. The summed E-state index contributed by atoms with van der Waals surface area (Å²) >= 11 is 0. The Morgan fingerprint density at radius 1 is 1.39 bits per heavy atom. The second kappa shape index (κ2) is 4.85. The molecule has 0 atom stereocenters. The maximum atomic E-state index is 11.8. The first-order valence-corrected chi connectivity index (χ1v) is 6.99. The monoisotopic (exact) mass is 271 g/mol. The number of anilines is 1. The first-order valence-electron chi connectivity index (χ1n) is 5.44. The molecule has 1 aliphatic carbocycles. The zero-order valence-corrected chi connectivity index (χ0v) is 10.3. The number of sulfonamides is 1. The van der Waals surface area contributed by atoms with Crippen molar-refractivity contribution in [3.8, 4) is 5.75 Å². The van der Waals surface area contributed by atoms with Gasteiger partial charge in [-0.15, -0.1) is 0 Å². The molecule has 0 bridgehead atoms. The van der Waals surface area contributed by atoms with Gasteiger partial charge in [0.05, 0.1) is 10.9 Å². The van der Waals surface area contributed by atoms with Gasteiger partial charge in [-0.1, -0.05) is 12.1 Å². The number of ether oxygens (including phenoxy) is 1. The van der Waals surface area contributed by atoms with Gasteiger partial charge < -0.3 is 9.84 Å². The lowest BCUT2D eigenvalue weighted by atomic mass is 10.3. The highest BCUT2D eigenvalue weighted by Crippen LogP contribution is 2.32. The number of aliphatic carboxylic acids is 1. The molecule has 0 radical (unpaired) electrons. The SMILES string of the molecule is O=C(O)COc1ccccc1NS(=O)(=O)C1CC1. The van der Waals surface area contributed by atoms with Gasteiger partial charge in [-0.05, 0) is 25.0 Å². The first-order chi connectivity index (χ1) is 8.49. The quantitative estimate of drug-likeness (QED) is 0.806. The molecule has 1 aromatic carbocycles. The van der Waals surface area contributed by atoms with Gasteiger partial charge >= 0.3 is 5.97 Å². The third kappa shape index (κ3) is 3.13. The van der Waals surface area contributed by atoms with Crippen molar-refractivity contribution in [2.45, 2.75) is 18.1 Å². The van der Waals surface area contributed by atoms with Crippen LogP contribution in [0.1, 0.15) is 12.8 Å². The summed E-state index contributed by atoms with van der Waals surface area (Å²) < 4.78 is 31.0. The summed E-state index contributed by atoms with van der Waals surface area (Å²) in [7, 11) is -3.38. The number of hydrogen-bond acceptors (Lipinski definition) is 4. The van der Waals surface area contributed by atoms with E-state index in [1.165, 1.54) is 12.1 Å². The number of carboxylic acid groups (broad SMARTS) is 1. The minimum Gasteiger partial charge on any atom is -0.480 e. The molecule has 0 aliphatic heterocycles. The van der Waals surface area contributed by atoms with E-state index >= 15 is 0 Å². The second-order valence-electron chi connectivity index (χ2n) is 4.03. The summed E-state index contributed by atoms with van der Waals surface area (Å²) in [6.45, 7) is -0.512. The second-order valence-corrected chi connectivity index (χ2v) is 5.99. The Labute approximate surface area is 105 Å². The van der Waals surface area contributed by atoms with E-state index in [0.29, 0.717) is 12.8 Å². The molecule has 18 heavy (non-hydrogen) atoms. The third-order valence-electron chi connectivity index (χ3n) is 2.45. The highest BCUT2D eigenvalue weighted by molar-refractivity contribution is 7.93. The summed E-state index contributed by atoms with van der Waals surface area (Å²) in [6.07, 6.45) is 1.32. The standard InChI is InChI=1S/C11H13NO5S/c13-11(14)7-17-10-4-2-1-3-9(10)12-18(15,16)8-5-6-8/h1-4,8,12H,5-7H2,(H,13,14). The molecule has 1 aliphatic rings. The Morgan fingerprint density at radius 3 is 2.67 bits per heavy atom. The molecule has 1 fully saturated rings. The largest absolute Gasteiger partial charge is 0.480 e. The van der Waals surface area contributed by atoms with Crippen LogP contribution in [-0.2, 0) is 14.8 Å². The number of rotatable bonds is 6. The van der Waals surface area contributed by atoms with Gasteiger partial charge in [0.15, 0.2) is 6.61 Å². The number of para-hydroxylation sites is 2. The average molecular weight is 271 g/mol. The molecule has 0 unspecified atom stereocenters. The van der Waals surface area contributed by atoms with E-state index in [2.05, 4.69) is 4.72 Å². The van der Waals surface area contributed by atoms with Gasteiger partial charge in [-0.25, -0.2) is 13.2 Å². The van der Waals surface area contributed by atoms with Crippen molar-refractivity contribution >= 4 is 21.7 Å². The van der Waals surface area contributed by atoms with Crippen LogP contribution in [0, 0.1) is 0 Å². The van der Waals surface area contributed by atoms with Crippen LogP contribution >= 0.6 is 0 Å². The van der Waals surface area contributed by atoms with E-state index < -0.39 is 22.6 Å². The predicted octanol–water partition coefficient (Wildman–Crippen LogP) is 1.05. The van der Waals surface area contributed by atoms with Crippen LogP contribution in [0.25, 0.3) is 0 Å². The molecular formula is C11H13NO5S. The topological polar surface area (TPSA) is 92.7 Å². The van der Waals surface area contributed by atoms with Crippen molar-refractivity contribution in [3.05, 3.63) is 24.3 Å². The molecule has 0 spiro atoms. The zero-order chi connectivity index (χ0) is 13.2. The molecule has 0 amide bonds. The van der Waals surface area contributed by atoms with Crippen molar-refractivity contribution in [3.63, 3.8) is 0 Å². The van der Waals surface area contributed by atoms with E-state index in [9.17, 15) is 13.2 Å². The summed E-state index contributed by atoms with van der Waals surface area (Å²) in [5, 5.41) is 8.19. The van der Waals surface area contributed by atoms with Crippen molar-refractivity contribution in [1.82, 2.24) is 0 Å². The average Bonchev–Trinajstić information content (AvgIpc) is 3.11. The molecule has 2 rings (SSSR count). The minimum atomic E-state index is -3.38. The van der Waals surface area contributed by atoms with Crippen molar-refractivity contribution in [2.24, 2.45) is 0 Å². The molecular weight excluding hydrogens is 258 g/mol. The smallest absolute Gasteiger partial charge is 0.341 e. The molecule has 0 heterocycles. The van der Waals surface area contributed by atoms with Gasteiger partial charge in [0.25, 0.3) is 0 Å².